The van der Waals surface area contributed by atoms with Gasteiger partial charge in [0.25, 0.3) is 0 Å². The summed E-state index contributed by atoms with van der Waals surface area (Å²) in [5.74, 6) is -3.69. The molecule has 1 aliphatic carbocycles. The third kappa shape index (κ3) is 6.89. The number of likely N-dealkylation sites (tertiary alicyclic amines) is 1. The largest absolute Gasteiger partial charge is 0.490 e. The van der Waals surface area contributed by atoms with Crippen LogP contribution in [0, 0.1) is 5.92 Å². The van der Waals surface area contributed by atoms with E-state index in [1.165, 1.54) is 54.4 Å². The van der Waals surface area contributed by atoms with Crippen molar-refractivity contribution in [3.05, 3.63) is 41.6 Å². The van der Waals surface area contributed by atoms with Gasteiger partial charge in [-0.1, -0.05) is 6.07 Å². The van der Waals surface area contributed by atoms with E-state index in [-0.39, 0.29) is 0 Å². The molecular weight excluding hydrogens is 560 g/mol. The van der Waals surface area contributed by atoms with Gasteiger partial charge < -0.3 is 25.0 Å². The van der Waals surface area contributed by atoms with Gasteiger partial charge >= 0.3 is 24.3 Å². The smallest absolute Gasteiger partial charge is 0.475 e. The van der Waals surface area contributed by atoms with Crippen molar-refractivity contribution in [2.75, 3.05) is 31.6 Å². The number of nitrogens with zero attached hydrogens (tertiary/aromatic N) is 4. The average molecular weight is 588 g/mol. The molecule has 2 fully saturated rings. The van der Waals surface area contributed by atoms with Crippen molar-refractivity contribution >= 4 is 28.7 Å². The Bertz CT molecular complexity index is 1380. The minimum atomic E-state index is -5.08. The van der Waals surface area contributed by atoms with Gasteiger partial charge in [-0.15, -0.1) is 10.2 Å². The number of carbonyl (C=O) groups is 2. The van der Waals surface area contributed by atoms with E-state index in [2.05, 4.69) is 62.4 Å². The predicted molar refractivity (Wildman–Crippen MR) is 135 cm³/mol. The molecule has 0 radical (unpaired) electrons. The van der Waals surface area contributed by atoms with Crippen LogP contribution in [-0.2, 0) is 22.4 Å². The quantitative estimate of drug-likeness (QED) is 0.374. The summed E-state index contributed by atoms with van der Waals surface area (Å²) >= 11 is 0. The molecule has 2 aromatic heterocycles. The lowest BCUT2D eigenvalue weighted by Crippen LogP contribution is -2.52. The number of benzene rings is 1. The van der Waals surface area contributed by atoms with Gasteiger partial charge in [0.1, 0.15) is 0 Å². The standard InChI is InChI=1S/C22H25N5.2C2HF3O2/c1-26-11-15-12-27(13-21(15)26)22-9-8-18(24-25-22)14-6-7-20-17(10-14)16-4-2-3-5-19(16)23-20;2*3-2(4,5)1(6)7/h6-10,15,21,23H,2-5,11-13H2,1H3;2*(H,6,7)/t15-,21+;;/m0../s1. The molecule has 222 valence electrons. The zero-order chi connectivity index (χ0) is 30.1. The Balaban J connectivity index is 0.000000232. The molecule has 3 aliphatic rings. The number of halogens is 6. The summed E-state index contributed by atoms with van der Waals surface area (Å²) in [6.07, 6.45) is -5.20. The minimum Gasteiger partial charge on any atom is -0.475 e. The molecule has 2 saturated heterocycles. The number of aliphatic carboxylic acids is 2. The molecule has 3 N–H and O–H groups in total. The zero-order valence-corrected chi connectivity index (χ0v) is 21.8. The van der Waals surface area contributed by atoms with Gasteiger partial charge in [-0.25, -0.2) is 9.59 Å². The number of anilines is 1. The number of likely N-dealkylation sites (N-methyl/N-ethyl adjacent to an activating group) is 1. The molecule has 15 heteroatoms. The van der Waals surface area contributed by atoms with Crippen molar-refractivity contribution in [3.8, 4) is 11.3 Å². The van der Waals surface area contributed by atoms with Crippen LogP contribution >= 0.6 is 0 Å². The molecule has 2 atom stereocenters. The number of H-pyrrole nitrogens is 1. The first-order chi connectivity index (χ1) is 19.1. The summed E-state index contributed by atoms with van der Waals surface area (Å²) in [5, 5.41) is 24.8. The lowest BCUT2D eigenvalue weighted by atomic mass is 9.93. The molecule has 0 saturated carbocycles. The number of nitrogens with one attached hydrogen (secondary N) is 1. The normalized spacial score (nSPS) is 20.1. The Labute approximate surface area is 229 Å². The number of aromatic nitrogens is 3. The summed E-state index contributed by atoms with van der Waals surface area (Å²) in [5.41, 5.74) is 6.33. The number of hydrogen-bond acceptors (Lipinski definition) is 6. The highest BCUT2D eigenvalue weighted by Crippen LogP contribution is 2.34. The van der Waals surface area contributed by atoms with Crippen LogP contribution < -0.4 is 4.90 Å². The summed E-state index contributed by atoms with van der Waals surface area (Å²) in [6.45, 7) is 3.41. The van der Waals surface area contributed by atoms with Crippen LogP contribution in [0.25, 0.3) is 22.2 Å². The Kier molecular flexibility index (Phi) is 8.47. The molecule has 2 aliphatic heterocycles. The summed E-state index contributed by atoms with van der Waals surface area (Å²) in [6, 6.07) is 11.6. The fourth-order valence-corrected chi connectivity index (χ4v) is 5.30. The first kappa shape index (κ1) is 30.1. The summed E-state index contributed by atoms with van der Waals surface area (Å²) in [4.78, 5) is 26.2. The van der Waals surface area contributed by atoms with E-state index in [0.29, 0.717) is 6.04 Å². The van der Waals surface area contributed by atoms with E-state index in [4.69, 9.17) is 19.8 Å². The van der Waals surface area contributed by atoms with Crippen molar-refractivity contribution in [1.29, 1.82) is 0 Å². The van der Waals surface area contributed by atoms with Crippen molar-refractivity contribution in [3.63, 3.8) is 0 Å². The molecule has 0 bridgehead atoms. The Hall–Kier alpha value is -3.88. The Morgan fingerprint density at radius 2 is 1.54 bits per heavy atom. The third-order valence-corrected chi connectivity index (χ3v) is 7.35. The lowest BCUT2D eigenvalue weighted by molar-refractivity contribution is -0.193. The second-order valence-corrected chi connectivity index (χ2v) is 10.1. The van der Waals surface area contributed by atoms with Gasteiger partial charge in [-0.05, 0) is 62.6 Å². The van der Waals surface area contributed by atoms with Gasteiger partial charge in [0.2, 0.25) is 0 Å². The fourth-order valence-electron chi connectivity index (χ4n) is 5.30. The Morgan fingerprint density at radius 3 is 2.07 bits per heavy atom. The second-order valence-electron chi connectivity index (χ2n) is 10.1. The topological polar surface area (TPSA) is 123 Å². The SMILES string of the molecule is CN1C[C@H]2CN(c3ccc(-c4ccc5[nH]c6c(c5c4)CCCC6)nn3)C[C@H]21.O=C(O)C(F)(F)F.O=C(O)C(F)(F)F. The van der Waals surface area contributed by atoms with Crippen LogP contribution in [0.3, 0.4) is 0 Å². The summed E-state index contributed by atoms with van der Waals surface area (Å²) in [7, 11) is 2.22. The van der Waals surface area contributed by atoms with Gasteiger partial charge in [0, 0.05) is 53.8 Å². The second kappa shape index (κ2) is 11.5. The van der Waals surface area contributed by atoms with Crippen LogP contribution in [0.5, 0.6) is 0 Å². The van der Waals surface area contributed by atoms with Gasteiger partial charge in [0.05, 0.1) is 5.69 Å². The average Bonchev–Trinajstić information content (AvgIpc) is 3.45. The molecule has 0 amide bonds. The summed E-state index contributed by atoms with van der Waals surface area (Å²) < 4.78 is 63.5. The lowest BCUT2D eigenvalue weighted by Gasteiger charge is -2.40. The van der Waals surface area contributed by atoms with Crippen molar-refractivity contribution < 1.29 is 46.1 Å². The first-order valence-electron chi connectivity index (χ1n) is 12.7. The van der Waals surface area contributed by atoms with E-state index >= 15 is 0 Å². The van der Waals surface area contributed by atoms with Crippen LogP contribution in [0.15, 0.2) is 30.3 Å². The molecule has 41 heavy (non-hydrogen) atoms. The van der Waals surface area contributed by atoms with Crippen LogP contribution in [-0.4, -0.2) is 87.3 Å². The molecule has 0 spiro atoms. The van der Waals surface area contributed by atoms with Crippen molar-refractivity contribution in [2.45, 2.75) is 44.1 Å². The van der Waals surface area contributed by atoms with E-state index in [0.717, 1.165) is 36.1 Å². The first-order valence-corrected chi connectivity index (χ1v) is 12.7. The number of fused-ring (bicyclic) bond motifs is 4. The highest BCUT2D eigenvalue weighted by molar-refractivity contribution is 5.89. The highest BCUT2D eigenvalue weighted by atomic mass is 19.4. The van der Waals surface area contributed by atoms with Crippen LogP contribution in [0.4, 0.5) is 32.2 Å². The monoisotopic (exact) mass is 587 g/mol. The minimum absolute atomic E-state index is 0.702. The number of carboxylic acid groups (broad SMARTS) is 2. The van der Waals surface area contributed by atoms with E-state index < -0.39 is 24.3 Å². The predicted octanol–water partition coefficient (Wildman–Crippen LogP) is 4.52. The maximum absolute atomic E-state index is 10.6. The maximum Gasteiger partial charge on any atom is 0.490 e. The molecule has 6 rings (SSSR count). The number of aryl methyl sites for hydroxylation is 2. The molecule has 0 unspecified atom stereocenters. The molecule has 4 heterocycles. The highest BCUT2D eigenvalue weighted by Gasteiger charge is 2.44. The molecule has 1 aromatic carbocycles. The Morgan fingerprint density at radius 1 is 0.902 bits per heavy atom. The van der Waals surface area contributed by atoms with Crippen molar-refractivity contribution in [2.24, 2.45) is 5.92 Å². The van der Waals surface area contributed by atoms with E-state index in [9.17, 15) is 26.3 Å². The van der Waals surface area contributed by atoms with Crippen LogP contribution in [0.2, 0.25) is 0 Å². The van der Waals surface area contributed by atoms with Gasteiger partial charge in [0.15, 0.2) is 5.82 Å². The number of hydrogen-bond donors (Lipinski definition) is 3. The zero-order valence-electron chi connectivity index (χ0n) is 21.8. The van der Waals surface area contributed by atoms with Gasteiger partial charge in [-0.2, -0.15) is 26.3 Å². The maximum atomic E-state index is 10.6. The molecule has 9 nitrogen and oxygen atoms in total. The number of aromatic amines is 1. The van der Waals surface area contributed by atoms with E-state index in [1.54, 1.807) is 0 Å². The fraction of sp³-hybridized carbons (Fsp3) is 0.462. The number of alkyl halides is 6. The van der Waals surface area contributed by atoms with Gasteiger partial charge in [-0.3, -0.25) is 0 Å². The number of rotatable bonds is 2. The number of carboxylic acids is 2. The van der Waals surface area contributed by atoms with E-state index in [1.807, 2.05) is 0 Å². The molecular formula is C26H27F6N5O4. The van der Waals surface area contributed by atoms with Crippen LogP contribution in [0.1, 0.15) is 24.1 Å². The molecule has 3 aromatic rings. The van der Waals surface area contributed by atoms with Crippen molar-refractivity contribution in [1.82, 2.24) is 20.1 Å². The third-order valence-electron chi connectivity index (χ3n) is 7.35.